The van der Waals surface area contributed by atoms with Gasteiger partial charge < -0.3 is 10.1 Å². The lowest BCUT2D eigenvalue weighted by Gasteiger charge is -2.13. The number of nitriles is 1. The number of ether oxygens (including phenoxy) is 1. The molecule has 1 atom stereocenters. The Kier molecular flexibility index (Phi) is 6.82. The van der Waals surface area contributed by atoms with E-state index in [1.165, 1.54) is 11.8 Å². The number of nitrogens with one attached hydrogen (secondary N) is 1. The van der Waals surface area contributed by atoms with Crippen molar-refractivity contribution in [3.05, 3.63) is 22.9 Å². The van der Waals surface area contributed by atoms with Crippen molar-refractivity contribution >= 4 is 23.6 Å². The van der Waals surface area contributed by atoms with Crippen LogP contribution >= 0.6 is 11.8 Å². The molecule has 1 aliphatic carbocycles. The SMILES string of the molecule is CCCC(C)NC(=O)COC(=O)c1cc(C2CC2)nc(SC)c1C#N. The third kappa shape index (κ3) is 5.20. The maximum atomic E-state index is 12.4. The first-order chi connectivity index (χ1) is 12.0. The van der Waals surface area contributed by atoms with Gasteiger partial charge >= 0.3 is 5.97 Å². The average molecular weight is 361 g/mol. The van der Waals surface area contributed by atoms with Gasteiger partial charge in [-0.25, -0.2) is 9.78 Å². The lowest BCUT2D eigenvalue weighted by Crippen LogP contribution is -2.35. The van der Waals surface area contributed by atoms with E-state index >= 15 is 0 Å². The molecule has 1 aromatic heterocycles. The van der Waals surface area contributed by atoms with Crippen LogP contribution in [0.5, 0.6) is 0 Å². The molecule has 25 heavy (non-hydrogen) atoms. The van der Waals surface area contributed by atoms with Gasteiger partial charge in [0.15, 0.2) is 6.61 Å². The topological polar surface area (TPSA) is 92.1 Å². The fraction of sp³-hybridized carbons (Fsp3) is 0.556. The van der Waals surface area contributed by atoms with E-state index < -0.39 is 5.97 Å². The molecule has 1 aliphatic rings. The Morgan fingerprint density at radius 3 is 2.80 bits per heavy atom. The van der Waals surface area contributed by atoms with E-state index in [1.807, 2.05) is 26.2 Å². The summed E-state index contributed by atoms with van der Waals surface area (Å²) in [5, 5.41) is 12.7. The third-order valence-corrected chi connectivity index (χ3v) is 4.67. The van der Waals surface area contributed by atoms with Gasteiger partial charge in [-0.3, -0.25) is 4.79 Å². The second kappa shape index (κ2) is 8.86. The Morgan fingerprint density at radius 1 is 1.52 bits per heavy atom. The van der Waals surface area contributed by atoms with Crippen molar-refractivity contribution < 1.29 is 14.3 Å². The number of carbonyl (C=O) groups is 2. The van der Waals surface area contributed by atoms with Crippen molar-refractivity contribution in [2.75, 3.05) is 12.9 Å². The van der Waals surface area contributed by atoms with Crippen LogP contribution in [0.15, 0.2) is 11.1 Å². The number of rotatable bonds is 8. The summed E-state index contributed by atoms with van der Waals surface area (Å²) in [6.07, 6.45) is 5.73. The van der Waals surface area contributed by atoms with Crippen molar-refractivity contribution in [2.45, 2.75) is 56.5 Å². The Morgan fingerprint density at radius 2 is 2.24 bits per heavy atom. The summed E-state index contributed by atoms with van der Waals surface area (Å²) in [6.45, 7) is 3.59. The first-order valence-corrected chi connectivity index (χ1v) is 9.68. The molecular formula is C18H23N3O3S. The van der Waals surface area contributed by atoms with Gasteiger partial charge in [-0.1, -0.05) is 13.3 Å². The molecule has 1 amide bonds. The van der Waals surface area contributed by atoms with Gasteiger partial charge in [0, 0.05) is 17.7 Å². The average Bonchev–Trinajstić information content (AvgIpc) is 3.43. The zero-order valence-corrected chi connectivity index (χ0v) is 15.6. The predicted molar refractivity (Wildman–Crippen MR) is 95.5 cm³/mol. The number of carbonyl (C=O) groups excluding carboxylic acids is 2. The van der Waals surface area contributed by atoms with Crippen molar-refractivity contribution in [1.82, 2.24) is 10.3 Å². The van der Waals surface area contributed by atoms with E-state index in [-0.39, 0.29) is 29.7 Å². The molecule has 1 heterocycles. The smallest absolute Gasteiger partial charge is 0.340 e. The molecule has 1 aromatic rings. The van der Waals surface area contributed by atoms with Gasteiger partial charge in [-0.15, -0.1) is 11.8 Å². The van der Waals surface area contributed by atoms with Gasteiger partial charge in [0.1, 0.15) is 11.1 Å². The van der Waals surface area contributed by atoms with Crippen LogP contribution in [0, 0.1) is 11.3 Å². The van der Waals surface area contributed by atoms with E-state index in [0.29, 0.717) is 10.9 Å². The minimum atomic E-state index is -0.658. The van der Waals surface area contributed by atoms with Gasteiger partial charge in [-0.2, -0.15) is 5.26 Å². The summed E-state index contributed by atoms with van der Waals surface area (Å²) in [4.78, 5) is 28.7. The molecular weight excluding hydrogens is 338 g/mol. The first-order valence-electron chi connectivity index (χ1n) is 8.45. The highest BCUT2D eigenvalue weighted by atomic mass is 32.2. The number of aromatic nitrogens is 1. The first kappa shape index (κ1) is 19.3. The monoisotopic (exact) mass is 361 g/mol. The highest BCUT2D eigenvalue weighted by Gasteiger charge is 2.29. The molecule has 0 saturated heterocycles. The van der Waals surface area contributed by atoms with E-state index in [4.69, 9.17) is 4.74 Å². The fourth-order valence-corrected chi connectivity index (χ4v) is 3.13. The second-order valence-corrected chi connectivity index (χ2v) is 6.99. The molecule has 1 unspecified atom stereocenters. The zero-order chi connectivity index (χ0) is 18.4. The Bertz CT molecular complexity index is 696. The largest absolute Gasteiger partial charge is 0.452 e. The number of thioether (sulfide) groups is 1. The second-order valence-electron chi connectivity index (χ2n) is 6.20. The number of pyridine rings is 1. The van der Waals surface area contributed by atoms with Crippen molar-refractivity contribution in [2.24, 2.45) is 0 Å². The van der Waals surface area contributed by atoms with Gasteiger partial charge in [0.25, 0.3) is 5.91 Å². The highest BCUT2D eigenvalue weighted by molar-refractivity contribution is 7.98. The van der Waals surface area contributed by atoms with Gasteiger partial charge in [0.05, 0.1) is 11.1 Å². The van der Waals surface area contributed by atoms with Crippen LogP contribution in [0.2, 0.25) is 0 Å². The van der Waals surface area contributed by atoms with Crippen LogP contribution in [0.1, 0.15) is 67.1 Å². The van der Waals surface area contributed by atoms with E-state index in [2.05, 4.69) is 10.3 Å². The van der Waals surface area contributed by atoms with Crippen molar-refractivity contribution in [3.8, 4) is 6.07 Å². The maximum Gasteiger partial charge on any atom is 0.340 e. The van der Waals surface area contributed by atoms with Crippen LogP contribution < -0.4 is 5.32 Å². The van der Waals surface area contributed by atoms with E-state index in [0.717, 1.165) is 31.4 Å². The number of hydrogen-bond acceptors (Lipinski definition) is 6. The van der Waals surface area contributed by atoms with E-state index in [1.54, 1.807) is 6.07 Å². The summed E-state index contributed by atoms with van der Waals surface area (Å²) < 4.78 is 5.13. The maximum absolute atomic E-state index is 12.4. The lowest BCUT2D eigenvalue weighted by atomic mass is 10.1. The summed E-state index contributed by atoms with van der Waals surface area (Å²) in [5.74, 6) is -0.646. The Hall–Kier alpha value is -2.07. The van der Waals surface area contributed by atoms with Crippen LogP contribution in [-0.2, 0) is 9.53 Å². The summed E-state index contributed by atoms with van der Waals surface area (Å²) in [5.41, 5.74) is 1.22. The molecule has 7 heteroatoms. The molecule has 0 bridgehead atoms. The predicted octanol–water partition coefficient (Wildman–Crippen LogP) is 3.01. The minimum absolute atomic E-state index is 0.0383. The van der Waals surface area contributed by atoms with Crippen molar-refractivity contribution in [1.29, 1.82) is 5.26 Å². The fourth-order valence-electron chi connectivity index (χ4n) is 2.58. The van der Waals surface area contributed by atoms with Crippen LogP contribution in [0.25, 0.3) is 0 Å². The molecule has 0 radical (unpaired) electrons. The molecule has 0 aliphatic heterocycles. The number of esters is 1. The van der Waals surface area contributed by atoms with Crippen LogP contribution in [-0.4, -0.2) is 35.8 Å². The zero-order valence-electron chi connectivity index (χ0n) is 14.8. The summed E-state index contributed by atoms with van der Waals surface area (Å²) in [7, 11) is 0. The summed E-state index contributed by atoms with van der Waals surface area (Å²) >= 11 is 1.33. The standard InChI is InChI=1S/C18H23N3O3S/c1-4-5-11(2)20-16(22)10-24-18(23)13-8-15(12-6-7-12)21-17(25-3)14(13)9-19/h8,11-12H,4-7,10H2,1-3H3,(H,20,22). The molecule has 1 saturated carbocycles. The molecule has 1 N–H and O–H groups in total. The van der Waals surface area contributed by atoms with Crippen LogP contribution in [0.4, 0.5) is 0 Å². The number of hydrogen-bond donors (Lipinski definition) is 1. The summed E-state index contributed by atoms with van der Waals surface area (Å²) in [6, 6.07) is 3.71. The number of nitrogens with zero attached hydrogens (tertiary/aromatic N) is 2. The van der Waals surface area contributed by atoms with Gasteiger partial charge in [-0.05, 0) is 38.5 Å². The third-order valence-electron chi connectivity index (χ3n) is 3.99. The lowest BCUT2D eigenvalue weighted by molar-refractivity contribution is -0.124. The van der Waals surface area contributed by atoms with Gasteiger partial charge in [0.2, 0.25) is 0 Å². The molecule has 134 valence electrons. The van der Waals surface area contributed by atoms with E-state index in [9.17, 15) is 14.9 Å². The molecule has 2 rings (SSSR count). The minimum Gasteiger partial charge on any atom is -0.452 e. The quantitative estimate of drug-likeness (QED) is 0.565. The highest BCUT2D eigenvalue weighted by Crippen LogP contribution is 2.40. The molecule has 6 nitrogen and oxygen atoms in total. The Labute approximate surface area is 152 Å². The Balaban J connectivity index is 2.09. The normalized spacial score (nSPS) is 14.5. The molecule has 1 fully saturated rings. The molecule has 0 aromatic carbocycles. The van der Waals surface area contributed by atoms with Crippen LogP contribution in [0.3, 0.4) is 0 Å². The number of amides is 1. The van der Waals surface area contributed by atoms with Crippen molar-refractivity contribution in [3.63, 3.8) is 0 Å². The molecule has 0 spiro atoms.